The number of benzene rings is 1. The molecule has 0 saturated carbocycles. The monoisotopic (exact) mass is 172 g/mol. The van der Waals surface area contributed by atoms with Crippen molar-refractivity contribution in [2.24, 2.45) is 0 Å². The highest BCUT2D eigenvalue weighted by molar-refractivity contribution is 5.78. The summed E-state index contributed by atoms with van der Waals surface area (Å²) in [6.45, 7) is 0.647. The van der Waals surface area contributed by atoms with E-state index in [4.69, 9.17) is 5.26 Å². The number of hydrogen-bond donors (Lipinski definition) is 1. The molecule has 1 aromatic rings. The topological polar surface area (TPSA) is 52.9 Å². The van der Waals surface area contributed by atoms with Crippen LogP contribution in [0.25, 0.3) is 0 Å². The molecule has 1 aliphatic rings. The van der Waals surface area contributed by atoms with Crippen molar-refractivity contribution in [3.8, 4) is 6.07 Å². The molecule has 0 aromatic heterocycles. The third-order valence-electron chi connectivity index (χ3n) is 2.24. The zero-order valence-corrected chi connectivity index (χ0v) is 6.95. The Hall–Kier alpha value is -1.82. The molecule has 1 aliphatic heterocycles. The summed E-state index contributed by atoms with van der Waals surface area (Å²) in [6.07, 6.45) is 0.799. The summed E-state index contributed by atoms with van der Waals surface area (Å²) >= 11 is 0. The van der Waals surface area contributed by atoms with Gasteiger partial charge in [0.25, 0.3) is 0 Å². The van der Waals surface area contributed by atoms with Crippen molar-refractivity contribution in [3.63, 3.8) is 0 Å². The molecule has 0 fully saturated rings. The molecule has 0 spiro atoms. The van der Waals surface area contributed by atoms with Crippen LogP contribution >= 0.6 is 0 Å². The number of aldehydes is 1. The van der Waals surface area contributed by atoms with E-state index in [1.165, 1.54) is 0 Å². The Morgan fingerprint density at radius 3 is 3.15 bits per heavy atom. The number of anilines is 1. The van der Waals surface area contributed by atoms with Crippen LogP contribution in [0.3, 0.4) is 0 Å². The van der Waals surface area contributed by atoms with Crippen molar-refractivity contribution < 1.29 is 4.79 Å². The van der Waals surface area contributed by atoms with Crippen LogP contribution in [0.15, 0.2) is 18.2 Å². The van der Waals surface area contributed by atoms with E-state index in [0.717, 1.165) is 17.5 Å². The van der Waals surface area contributed by atoms with Crippen LogP contribution in [-0.4, -0.2) is 12.8 Å². The molecule has 0 bridgehead atoms. The first-order chi connectivity index (χ1) is 6.35. The maximum Gasteiger partial charge on any atom is 0.150 e. The third kappa shape index (κ3) is 1.17. The molecule has 1 heterocycles. The average molecular weight is 172 g/mol. The smallest absolute Gasteiger partial charge is 0.150 e. The van der Waals surface area contributed by atoms with Crippen molar-refractivity contribution in [3.05, 3.63) is 29.3 Å². The fourth-order valence-electron chi connectivity index (χ4n) is 1.54. The van der Waals surface area contributed by atoms with E-state index in [9.17, 15) is 4.79 Å². The highest BCUT2D eigenvalue weighted by atomic mass is 16.1. The number of carbonyl (C=O) groups is 1. The fourth-order valence-corrected chi connectivity index (χ4v) is 1.54. The van der Waals surface area contributed by atoms with Gasteiger partial charge in [0, 0.05) is 17.8 Å². The van der Waals surface area contributed by atoms with Gasteiger partial charge in [-0.1, -0.05) is 0 Å². The normalized spacial score (nSPS) is 18.5. The summed E-state index contributed by atoms with van der Waals surface area (Å²) in [6, 6.07) is 7.56. The van der Waals surface area contributed by atoms with Gasteiger partial charge >= 0.3 is 0 Å². The van der Waals surface area contributed by atoms with Gasteiger partial charge in [-0.3, -0.25) is 4.79 Å². The lowest BCUT2D eigenvalue weighted by atomic mass is 10.0. The molecule has 3 nitrogen and oxygen atoms in total. The van der Waals surface area contributed by atoms with Gasteiger partial charge in [-0.2, -0.15) is 5.26 Å². The third-order valence-corrected chi connectivity index (χ3v) is 2.24. The number of fused-ring (bicyclic) bond motifs is 1. The average Bonchev–Trinajstić information content (AvgIpc) is 2.59. The van der Waals surface area contributed by atoms with Crippen LogP contribution in [0.5, 0.6) is 0 Å². The molecule has 0 amide bonds. The number of nitriles is 1. The van der Waals surface area contributed by atoms with Crippen molar-refractivity contribution in [1.82, 2.24) is 0 Å². The van der Waals surface area contributed by atoms with E-state index in [2.05, 4.69) is 11.4 Å². The predicted molar refractivity (Wildman–Crippen MR) is 48.7 cm³/mol. The number of nitrogens with one attached hydrogen (secondary N) is 1. The minimum Gasteiger partial charge on any atom is -0.383 e. The Kier molecular flexibility index (Phi) is 1.75. The lowest BCUT2D eigenvalue weighted by molar-refractivity contribution is 0.112. The standard InChI is InChI=1S/C10H8N2O/c11-4-8-5-12-10-2-1-7(6-13)3-9(8)10/h1-3,6,8,12H,5H2. The minimum absolute atomic E-state index is 0.116. The number of carbonyl (C=O) groups excluding carboxylic acids is 1. The van der Waals surface area contributed by atoms with Gasteiger partial charge < -0.3 is 5.32 Å². The van der Waals surface area contributed by atoms with E-state index in [1.54, 1.807) is 12.1 Å². The quantitative estimate of drug-likeness (QED) is 0.653. The Morgan fingerprint density at radius 2 is 2.46 bits per heavy atom. The molecule has 1 unspecified atom stereocenters. The number of hydrogen-bond acceptors (Lipinski definition) is 3. The van der Waals surface area contributed by atoms with Gasteiger partial charge in [0.2, 0.25) is 0 Å². The van der Waals surface area contributed by atoms with Crippen molar-refractivity contribution in [2.45, 2.75) is 5.92 Å². The molecule has 0 aliphatic carbocycles. The second-order valence-corrected chi connectivity index (χ2v) is 3.03. The number of nitrogens with zero attached hydrogens (tertiary/aromatic N) is 1. The SMILES string of the molecule is N#CC1CNc2ccc(C=O)cc21. The van der Waals surface area contributed by atoms with Crippen molar-refractivity contribution in [2.75, 3.05) is 11.9 Å². The summed E-state index contributed by atoms with van der Waals surface area (Å²) in [7, 11) is 0. The first kappa shape index (κ1) is 7.81. The Morgan fingerprint density at radius 1 is 1.62 bits per heavy atom. The van der Waals surface area contributed by atoms with E-state index in [1.807, 2.05) is 6.07 Å². The first-order valence-corrected chi connectivity index (χ1v) is 4.08. The Balaban J connectivity index is 2.50. The molecule has 0 radical (unpaired) electrons. The maximum absolute atomic E-state index is 10.5. The molecule has 1 aromatic carbocycles. The van der Waals surface area contributed by atoms with Gasteiger partial charge in [0.05, 0.1) is 12.0 Å². The Labute approximate surface area is 76.0 Å². The second kappa shape index (κ2) is 2.91. The molecule has 2 rings (SSSR count). The largest absolute Gasteiger partial charge is 0.383 e. The minimum atomic E-state index is -0.116. The highest BCUT2D eigenvalue weighted by Gasteiger charge is 2.21. The van der Waals surface area contributed by atoms with Crippen LogP contribution in [0.4, 0.5) is 5.69 Å². The summed E-state index contributed by atoms with van der Waals surface area (Å²) in [4.78, 5) is 10.5. The summed E-state index contributed by atoms with van der Waals surface area (Å²) in [5.74, 6) is -0.116. The first-order valence-electron chi connectivity index (χ1n) is 4.08. The van der Waals surface area contributed by atoms with Gasteiger partial charge in [0.15, 0.2) is 0 Å². The molecular weight excluding hydrogens is 164 g/mol. The molecule has 1 atom stereocenters. The fraction of sp³-hybridized carbons (Fsp3) is 0.200. The summed E-state index contributed by atoms with van der Waals surface area (Å²) in [5.41, 5.74) is 2.53. The Bertz CT molecular complexity index is 392. The van der Waals surface area contributed by atoms with Crippen LogP contribution in [0.2, 0.25) is 0 Å². The second-order valence-electron chi connectivity index (χ2n) is 3.03. The molecule has 3 heteroatoms. The molecule has 64 valence electrons. The van der Waals surface area contributed by atoms with Gasteiger partial charge in [-0.15, -0.1) is 0 Å². The summed E-state index contributed by atoms with van der Waals surface area (Å²) < 4.78 is 0. The van der Waals surface area contributed by atoms with Crippen LogP contribution in [0.1, 0.15) is 21.8 Å². The molecular formula is C10H8N2O. The van der Waals surface area contributed by atoms with Gasteiger partial charge in [-0.05, 0) is 23.8 Å². The molecule has 13 heavy (non-hydrogen) atoms. The lowest BCUT2D eigenvalue weighted by Gasteiger charge is -2.00. The molecule has 1 N–H and O–H groups in total. The van der Waals surface area contributed by atoms with Crippen LogP contribution in [-0.2, 0) is 0 Å². The maximum atomic E-state index is 10.5. The van der Waals surface area contributed by atoms with Gasteiger partial charge in [-0.25, -0.2) is 0 Å². The van der Waals surface area contributed by atoms with Gasteiger partial charge in [0.1, 0.15) is 6.29 Å². The zero-order valence-electron chi connectivity index (χ0n) is 6.95. The zero-order chi connectivity index (χ0) is 9.26. The lowest BCUT2D eigenvalue weighted by Crippen LogP contribution is -1.98. The predicted octanol–water partition coefficient (Wildman–Crippen LogP) is 1.53. The van der Waals surface area contributed by atoms with Crippen LogP contribution in [0, 0.1) is 11.3 Å². The van der Waals surface area contributed by atoms with E-state index < -0.39 is 0 Å². The van der Waals surface area contributed by atoms with Crippen LogP contribution < -0.4 is 5.32 Å². The number of rotatable bonds is 1. The summed E-state index contributed by atoms with van der Waals surface area (Å²) in [5, 5.41) is 11.9. The van der Waals surface area contributed by atoms with E-state index in [0.29, 0.717) is 12.1 Å². The van der Waals surface area contributed by atoms with E-state index in [-0.39, 0.29) is 5.92 Å². The van der Waals surface area contributed by atoms with E-state index >= 15 is 0 Å². The van der Waals surface area contributed by atoms with Crippen molar-refractivity contribution in [1.29, 1.82) is 5.26 Å². The molecule has 0 saturated heterocycles. The highest BCUT2D eigenvalue weighted by Crippen LogP contribution is 2.31. The van der Waals surface area contributed by atoms with Crippen molar-refractivity contribution >= 4 is 12.0 Å².